The van der Waals surface area contributed by atoms with Gasteiger partial charge < -0.3 is 14.4 Å². The zero-order valence-electron chi connectivity index (χ0n) is 11.0. The average Bonchev–Trinajstić information content (AvgIpc) is 2.83. The number of H-pyrrole nitrogens is 1. The standard InChI is InChI=1S/C14H15N2O3P/c1-2-7-19-20(17,18)14-8-11-10-5-3-4-6-12(10)16-13(11)9-15-14/h3-6,8-9,16H,2,7H2,1H3,(H,17,18). The number of hydrogen-bond donors (Lipinski definition) is 2. The minimum Gasteiger partial charge on any atom is -0.353 e. The highest BCUT2D eigenvalue weighted by Gasteiger charge is 2.25. The van der Waals surface area contributed by atoms with E-state index in [0.717, 1.165) is 21.8 Å². The van der Waals surface area contributed by atoms with E-state index in [9.17, 15) is 9.46 Å². The molecule has 0 amide bonds. The molecule has 5 nitrogen and oxygen atoms in total. The molecule has 0 aliphatic carbocycles. The van der Waals surface area contributed by atoms with Crippen LogP contribution in [0.1, 0.15) is 13.3 Å². The van der Waals surface area contributed by atoms with Gasteiger partial charge in [-0.3, -0.25) is 4.57 Å². The quantitative estimate of drug-likeness (QED) is 0.724. The molecule has 0 spiro atoms. The molecule has 3 aromatic rings. The molecule has 104 valence electrons. The first-order chi connectivity index (χ1) is 9.62. The Hall–Kier alpha value is -1.68. The summed E-state index contributed by atoms with van der Waals surface area (Å²) in [7, 11) is -3.84. The van der Waals surface area contributed by atoms with E-state index in [1.165, 1.54) is 0 Å². The highest BCUT2D eigenvalue weighted by atomic mass is 31.2. The first kappa shape index (κ1) is 13.3. The molecule has 0 aliphatic heterocycles. The van der Waals surface area contributed by atoms with Crippen molar-refractivity contribution in [2.24, 2.45) is 0 Å². The van der Waals surface area contributed by atoms with Crippen molar-refractivity contribution in [3.63, 3.8) is 0 Å². The van der Waals surface area contributed by atoms with Crippen molar-refractivity contribution in [1.82, 2.24) is 9.97 Å². The number of pyridine rings is 1. The van der Waals surface area contributed by atoms with Gasteiger partial charge in [0.05, 0.1) is 18.3 Å². The summed E-state index contributed by atoms with van der Waals surface area (Å²) in [6.07, 6.45) is 2.25. The number of nitrogens with zero attached hydrogens (tertiary/aromatic N) is 1. The van der Waals surface area contributed by atoms with Crippen LogP contribution in [0.25, 0.3) is 21.8 Å². The monoisotopic (exact) mass is 290 g/mol. The van der Waals surface area contributed by atoms with Gasteiger partial charge >= 0.3 is 7.60 Å². The highest BCUT2D eigenvalue weighted by molar-refractivity contribution is 7.61. The molecule has 0 aliphatic rings. The summed E-state index contributed by atoms with van der Waals surface area (Å²) in [4.78, 5) is 17.2. The van der Waals surface area contributed by atoms with Crippen molar-refractivity contribution in [1.29, 1.82) is 0 Å². The largest absolute Gasteiger partial charge is 0.377 e. The molecule has 0 saturated heterocycles. The second-order valence-electron chi connectivity index (χ2n) is 4.61. The van der Waals surface area contributed by atoms with Crippen LogP contribution in [0.4, 0.5) is 0 Å². The number of benzene rings is 1. The minimum absolute atomic E-state index is 0.0863. The number of aromatic nitrogens is 2. The van der Waals surface area contributed by atoms with Crippen LogP contribution in [0.3, 0.4) is 0 Å². The highest BCUT2D eigenvalue weighted by Crippen LogP contribution is 2.40. The minimum atomic E-state index is -3.84. The Kier molecular flexibility index (Phi) is 3.34. The van der Waals surface area contributed by atoms with E-state index in [2.05, 4.69) is 9.97 Å². The Bertz CT molecular complexity index is 812. The molecule has 1 aromatic carbocycles. The van der Waals surface area contributed by atoms with Crippen molar-refractivity contribution >= 4 is 34.8 Å². The number of hydrogen-bond acceptors (Lipinski definition) is 3. The van der Waals surface area contributed by atoms with Gasteiger partial charge in [-0.05, 0) is 18.6 Å². The second kappa shape index (κ2) is 5.02. The van der Waals surface area contributed by atoms with Gasteiger partial charge in [0.2, 0.25) is 0 Å². The van der Waals surface area contributed by atoms with Crippen LogP contribution in [0.2, 0.25) is 0 Å². The molecule has 0 fully saturated rings. The lowest BCUT2D eigenvalue weighted by atomic mass is 10.2. The molecule has 0 bridgehead atoms. The summed E-state index contributed by atoms with van der Waals surface area (Å²) in [5, 5.41) is 1.88. The van der Waals surface area contributed by atoms with Crippen LogP contribution in [-0.2, 0) is 9.09 Å². The summed E-state index contributed by atoms with van der Waals surface area (Å²) in [6, 6.07) is 9.42. The molecule has 1 atom stereocenters. The first-order valence-electron chi connectivity index (χ1n) is 6.46. The predicted molar refractivity (Wildman–Crippen MR) is 79.3 cm³/mol. The van der Waals surface area contributed by atoms with Crippen molar-refractivity contribution in [2.75, 3.05) is 6.61 Å². The topological polar surface area (TPSA) is 75.2 Å². The lowest BCUT2D eigenvalue weighted by Gasteiger charge is -2.10. The third kappa shape index (κ3) is 2.24. The molecular weight excluding hydrogens is 275 g/mol. The Morgan fingerprint density at radius 3 is 2.90 bits per heavy atom. The summed E-state index contributed by atoms with van der Waals surface area (Å²) in [5.41, 5.74) is 1.90. The maximum atomic E-state index is 12.1. The zero-order valence-corrected chi connectivity index (χ0v) is 11.9. The van der Waals surface area contributed by atoms with Gasteiger partial charge in [0.25, 0.3) is 0 Å². The maximum absolute atomic E-state index is 12.1. The Morgan fingerprint density at radius 2 is 2.10 bits per heavy atom. The summed E-state index contributed by atoms with van der Waals surface area (Å²) >= 11 is 0. The Balaban J connectivity index is 2.14. The molecule has 1 unspecified atom stereocenters. The van der Waals surface area contributed by atoms with Crippen LogP contribution in [-0.4, -0.2) is 21.5 Å². The lowest BCUT2D eigenvalue weighted by molar-refractivity contribution is 0.269. The van der Waals surface area contributed by atoms with Gasteiger partial charge in [-0.1, -0.05) is 25.1 Å². The van der Waals surface area contributed by atoms with Gasteiger partial charge in [0, 0.05) is 16.3 Å². The van der Waals surface area contributed by atoms with Crippen LogP contribution >= 0.6 is 7.60 Å². The Labute approximate surface area is 116 Å². The number of nitrogens with one attached hydrogen (secondary N) is 1. The molecule has 0 saturated carbocycles. The fraction of sp³-hybridized carbons (Fsp3) is 0.214. The fourth-order valence-corrected chi connectivity index (χ4v) is 3.23. The Morgan fingerprint density at radius 1 is 1.30 bits per heavy atom. The van der Waals surface area contributed by atoms with E-state index in [1.807, 2.05) is 31.2 Å². The second-order valence-corrected chi connectivity index (χ2v) is 6.37. The molecule has 6 heteroatoms. The molecule has 2 N–H and O–H groups in total. The SMILES string of the molecule is CCCOP(=O)(O)c1cc2c(cn1)[nH]c1ccccc12. The number of rotatable bonds is 4. The van der Waals surface area contributed by atoms with Crippen molar-refractivity contribution in [3.8, 4) is 0 Å². The average molecular weight is 290 g/mol. The van der Waals surface area contributed by atoms with Crippen LogP contribution in [0.15, 0.2) is 36.5 Å². The first-order valence-corrected chi connectivity index (χ1v) is 8.04. The van der Waals surface area contributed by atoms with E-state index in [1.54, 1.807) is 12.3 Å². The predicted octanol–water partition coefficient (Wildman–Crippen LogP) is 2.95. The normalized spacial score (nSPS) is 14.7. The van der Waals surface area contributed by atoms with E-state index >= 15 is 0 Å². The van der Waals surface area contributed by atoms with Crippen LogP contribution < -0.4 is 5.44 Å². The van der Waals surface area contributed by atoms with Crippen molar-refractivity contribution < 1.29 is 14.0 Å². The van der Waals surface area contributed by atoms with Gasteiger partial charge in [0.1, 0.15) is 0 Å². The molecule has 2 aromatic heterocycles. The lowest BCUT2D eigenvalue weighted by Crippen LogP contribution is -2.11. The molecule has 20 heavy (non-hydrogen) atoms. The smallest absolute Gasteiger partial charge is 0.353 e. The van der Waals surface area contributed by atoms with Crippen molar-refractivity contribution in [3.05, 3.63) is 36.5 Å². The van der Waals surface area contributed by atoms with E-state index < -0.39 is 7.60 Å². The van der Waals surface area contributed by atoms with E-state index in [0.29, 0.717) is 6.42 Å². The molecule has 2 heterocycles. The third-order valence-electron chi connectivity index (χ3n) is 3.14. The summed E-state index contributed by atoms with van der Waals surface area (Å²) in [6.45, 7) is 2.12. The number of para-hydroxylation sites is 1. The van der Waals surface area contributed by atoms with Gasteiger partial charge in [0.15, 0.2) is 5.44 Å². The maximum Gasteiger partial charge on any atom is 0.377 e. The zero-order chi connectivity index (χ0) is 14.2. The van der Waals surface area contributed by atoms with Gasteiger partial charge in [-0.15, -0.1) is 0 Å². The number of fused-ring (bicyclic) bond motifs is 3. The van der Waals surface area contributed by atoms with Gasteiger partial charge in [-0.2, -0.15) is 0 Å². The van der Waals surface area contributed by atoms with E-state index in [-0.39, 0.29) is 12.0 Å². The summed E-state index contributed by atoms with van der Waals surface area (Å²) in [5.74, 6) is 0. The van der Waals surface area contributed by atoms with Crippen LogP contribution in [0, 0.1) is 0 Å². The van der Waals surface area contributed by atoms with Gasteiger partial charge in [-0.25, -0.2) is 4.98 Å². The molecule has 0 radical (unpaired) electrons. The third-order valence-corrected chi connectivity index (χ3v) is 4.49. The fourth-order valence-electron chi connectivity index (χ4n) is 2.17. The van der Waals surface area contributed by atoms with Crippen molar-refractivity contribution in [2.45, 2.75) is 13.3 Å². The molecular formula is C14H15N2O3P. The van der Waals surface area contributed by atoms with Crippen LogP contribution in [0.5, 0.6) is 0 Å². The number of aromatic amines is 1. The summed E-state index contributed by atoms with van der Waals surface area (Å²) < 4.78 is 17.2. The van der Waals surface area contributed by atoms with E-state index in [4.69, 9.17) is 4.52 Å². The molecule has 3 rings (SSSR count).